The van der Waals surface area contributed by atoms with Crippen molar-refractivity contribution in [2.45, 2.75) is 25.5 Å². The first-order chi connectivity index (χ1) is 5.95. The van der Waals surface area contributed by atoms with Gasteiger partial charge in [-0.1, -0.05) is 0 Å². The molecule has 1 unspecified atom stereocenters. The van der Waals surface area contributed by atoms with Gasteiger partial charge in [-0.3, -0.25) is 5.32 Å². The molecule has 1 aliphatic heterocycles. The van der Waals surface area contributed by atoms with Gasteiger partial charge in [-0.2, -0.15) is 4.37 Å². The maximum absolute atomic E-state index is 5.63. The topological polar surface area (TPSA) is 34.1 Å². The van der Waals surface area contributed by atoms with E-state index in [2.05, 4.69) is 9.69 Å². The number of hydrogen-bond acceptors (Lipinski definition) is 4. The molecule has 0 bridgehead atoms. The number of rotatable bonds is 2. The van der Waals surface area contributed by atoms with Gasteiger partial charge in [-0.05, 0) is 37.3 Å². The average Bonchev–Trinajstić information content (AvgIpc) is 2.59. The molecule has 1 atom stereocenters. The van der Waals surface area contributed by atoms with E-state index in [9.17, 15) is 0 Å². The molecular weight excluding hydrogens is 172 g/mol. The Morgan fingerprint density at radius 3 is 3.25 bits per heavy atom. The number of nitrogens with zero attached hydrogens (tertiary/aromatic N) is 1. The summed E-state index contributed by atoms with van der Waals surface area (Å²) in [5, 5.41) is 5.24. The molecule has 1 fully saturated rings. The van der Waals surface area contributed by atoms with Crippen LogP contribution in [0, 0.1) is 0 Å². The lowest BCUT2D eigenvalue weighted by Crippen LogP contribution is -2.38. The van der Waals surface area contributed by atoms with Crippen LogP contribution in [0.15, 0.2) is 11.6 Å². The Hall–Kier alpha value is -0.610. The SMILES string of the molecule is c1nscc1OC1CCCCN1. The molecule has 0 aromatic carbocycles. The predicted octanol–water partition coefficient (Wildman–Crippen LogP) is 1.62. The van der Waals surface area contributed by atoms with Gasteiger partial charge in [0.05, 0.1) is 11.6 Å². The number of nitrogens with one attached hydrogen (secondary N) is 1. The molecule has 0 amide bonds. The molecule has 1 aromatic rings. The van der Waals surface area contributed by atoms with Gasteiger partial charge in [-0.15, -0.1) is 0 Å². The second-order valence-corrected chi connectivity index (χ2v) is 3.57. The molecule has 2 rings (SSSR count). The number of piperidine rings is 1. The third kappa shape index (κ3) is 1.95. The van der Waals surface area contributed by atoms with Gasteiger partial charge in [-0.25, -0.2) is 0 Å². The molecule has 12 heavy (non-hydrogen) atoms. The van der Waals surface area contributed by atoms with Crippen LogP contribution >= 0.6 is 11.5 Å². The minimum atomic E-state index is 0.204. The van der Waals surface area contributed by atoms with Gasteiger partial charge in [0.15, 0.2) is 5.75 Å². The van der Waals surface area contributed by atoms with E-state index in [-0.39, 0.29) is 6.23 Å². The maximum atomic E-state index is 5.63. The first-order valence-corrected chi connectivity index (χ1v) is 5.08. The van der Waals surface area contributed by atoms with Gasteiger partial charge in [0, 0.05) is 0 Å². The molecular formula is C8H12N2OS. The van der Waals surface area contributed by atoms with Crippen molar-refractivity contribution in [3.63, 3.8) is 0 Å². The summed E-state index contributed by atoms with van der Waals surface area (Å²) in [5.74, 6) is 0.888. The van der Waals surface area contributed by atoms with E-state index in [1.807, 2.05) is 5.38 Å². The number of aromatic nitrogens is 1. The Balaban J connectivity index is 1.86. The van der Waals surface area contributed by atoms with Crippen LogP contribution < -0.4 is 10.1 Å². The quantitative estimate of drug-likeness (QED) is 0.758. The Bertz CT molecular complexity index is 219. The van der Waals surface area contributed by atoms with Crippen molar-refractivity contribution < 1.29 is 4.74 Å². The first-order valence-electron chi connectivity index (χ1n) is 4.24. The summed E-state index contributed by atoms with van der Waals surface area (Å²) < 4.78 is 9.61. The largest absolute Gasteiger partial charge is 0.473 e. The van der Waals surface area contributed by atoms with E-state index in [1.165, 1.54) is 24.4 Å². The molecule has 1 N–H and O–H groups in total. The summed E-state index contributed by atoms with van der Waals surface area (Å²) in [5.41, 5.74) is 0. The third-order valence-electron chi connectivity index (χ3n) is 1.95. The van der Waals surface area contributed by atoms with E-state index >= 15 is 0 Å². The number of hydrogen-bond donors (Lipinski definition) is 1. The molecule has 2 heterocycles. The van der Waals surface area contributed by atoms with Gasteiger partial charge in [0.2, 0.25) is 0 Å². The summed E-state index contributed by atoms with van der Waals surface area (Å²) in [6.45, 7) is 1.07. The number of ether oxygens (including phenoxy) is 1. The van der Waals surface area contributed by atoms with E-state index in [4.69, 9.17) is 4.74 Å². The van der Waals surface area contributed by atoms with E-state index in [0.717, 1.165) is 18.7 Å². The highest BCUT2D eigenvalue weighted by Crippen LogP contribution is 2.16. The average molecular weight is 184 g/mol. The van der Waals surface area contributed by atoms with Gasteiger partial charge < -0.3 is 4.74 Å². The first kappa shape index (κ1) is 8.01. The lowest BCUT2D eigenvalue weighted by atomic mass is 10.1. The molecule has 1 saturated heterocycles. The Labute approximate surface area is 75.9 Å². The standard InChI is InChI=1S/C8H12N2OS/c1-2-4-9-8(3-1)11-7-5-10-12-6-7/h5-6,8-9H,1-4H2. The van der Waals surface area contributed by atoms with Crippen molar-refractivity contribution in [2.24, 2.45) is 0 Å². The van der Waals surface area contributed by atoms with Crippen LogP contribution in [0.2, 0.25) is 0 Å². The van der Waals surface area contributed by atoms with E-state index in [0.29, 0.717) is 0 Å². The van der Waals surface area contributed by atoms with Crippen molar-refractivity contribution in [3.8, 4) is 5.75 Å². The highest BCUT2D eigenvalue weighted by molar-refractivity contribution is 7.03. The van der Waals surface area contributed by atoms with Gasteiger partial charge >= 0.3 is 0 Å². The Morgan fingerprint density at radius 1 is 1.58 bits per heavy atom. The predicted molar refractivity (Wildman–Crippen MR) is 48.4 cm³/mol. The van der Waals surface area contributed by atoms with Crippen LogP contribution in [-0.4, -0.2) is 17.1 Å². The zero-order chi connectivity index (χ0) is 8.23. The molecule has 4 heteroatoms. The second-order valence-electron chi connectivity index (χ2n) is 2.92. The molecule has 0 saturated carbocycles. The van der Waals surface area contributed by atoms with Crippen LogP contribution in [0.3, 0.4) is 0 Å². The summed E-state index contributed by atoms with van der Waals surface area (Å²) >= 11 is 1.43. The van der Waals surface area contributed by atoms with Gasteiger partial charge in [0.1, 0.15) is 6.23 Å². The highest BCUT2D eigenvalue weighted by atomic mass is 32.1. The van der Waals surface area contributed by atoms with Crippen molar-refractivity contribution >= 4 is 11.5 Å². The third-order valence-corrected chi connectivity index (χ3v) is 2.52. The van der Waals surface area contributed by atoms with Crippen LogP contribution in [-0.2, 0) is 0 Å². The molecule has 1 aliphatic rings. The lowest BCUT2D eigenvalue weighted by Gasteiger charge is -2.23. The lowest BCUT2D eigenvalue weighted by molar-refractivity contribution is 0.133. The van der Waals surface area contributed by atoms with E-state index in [1.54, 1.807) is 6.20 Å². The van der Waals surface area contributed by atoms with E-state index < -0.39 is 0 Å². The minimum Gasteiger partial charge on any atom is -0.473 e. The zero-order valence-corrected chi connectivity index (χ0v) is 7.64. The summed E-state index contributed by atoms with van der Waals surface area (Å²) in [6.07, 6.45) is 5.60. The van der Waals surface area contributed by atoms with Crippen molar-refractivity contribution in [1.82, 2.24) is 9.69 Å². The smallest absolute Gasteiger partial charge is 0.152 e. The van der Waals surface area contributed by atoms with Crippen molar-refractivity contribution in [2.75, 3.05) is 6.54 Å². The summed E-state index contributed by atoms with van der Waals surface area (Å²) in [4.78, 5) is 0. The molecule has 0 aliphatic carbocycles. The second kappa shape index (κ2) is 3.87. The fourth-order valence-electron chi connectivity index (χ4n) is 1.34. The van der Waals surface area contributed by atoms with Crippen LogP contribution in [0.4, 0.5) is 0 Å². The van der Waals surface area contributed by atoms with Crippen molar-refractivity contribution in [1.29, 1.82) is 0 Å². The minimum absolute atomic E-state index is 0.204. The van der Waals surface area contributed by atoms with Gasteiger partial charge in [0.25, 0.3) is 0 Å². The fourth-order valence-corrected chi connectivity index (χ4v) is 1.78. The molecule has 66 valence electrons. The maximum Gasteiger partial charge on any atom is 0.152 e. The Morgan fingerprint density at radius 2 is 2.58 bits per heavy atom. The summed E-state index contributed by atoms with van der Waals surface area (Å²) in [6, 6.07) is 0. The van der Waals surface area contributed by atoms with Crippen LogP contribution in [0.1, 0.15) is 19.3 Å². The van der Waals surface area contributed by atoms with Crippen LogP contribution in [0.5, 0.6) is 5.75 Å². The molecule has 1 aromatic heterocycles. The Kier molecular flexibility index (Phi) is 2.58. The molecule has 3 nitrogen and oxygen atoms in total. The molecule has 0 spiro atoms. The van der Waals surface area contributed by atoms with Crippen molar-refractivity contribution in [3.05, 3.63) is 11.6 Å². The van der Waals surface area contributed by atoms with Crippen LogP contribution in [0.25, 0.3) is 0 Å². The zero-order valence-electron chi connectivity index (χ0n) is 6.82. The highest BCUT2D eigenvalue weighted by Gasteiger charge is 2.13. The fraction of sp³-hybridized carbons (Fsp3) is 0.625. The molecule has 0 radical (unpaired) electrons. The monoisotopic (exact) mass is 184 g/mol. The summed E-state index contributed by atoms with van der Waals surface area (Å²) in [7, 11) is 0. The normalized spacial score (nSPS) is 23.8.